The molecule has 0 aromatic carbocycles. The summed E-state index contributed by atoms with van der Waals surface area (Å²) in [6.07, 6.45) is -4.03. The van der Waals surface area contributed by atoms with Crippen LogP contribution in [0.1, 0.15) is 0 Å². The molecule has 0 amide bonds. The molecule has 2 saturated heterocycles. The molecule has 0 aromatic rings. The highest BCUT2D eigenvalue weighted by molar-refractivity contribution is 5.07. The SMILES string of the molecule is CN1C[C@H]2C1CN2CC(F)(F)F. The number of halogens is 3. The number of likely N-dealkylation sites (tertiary alicyclic amines) is 2. The maximum Gasteiger partial charge on any atom is 0.401 e. The molecule has 0 aromatic heterocycles. The summed E-state index contributed by atoms with van der Waals surface area (Å²) in [6.45, 7) is 0.642. The van der Waals surface area contributed by atoms with Gasteiger partial charge in [0.15, 0.2) is 0 Å². The molecule has 0 bridgehead atoms. The second-order valence-electron chi connectivity index (χ2n) is 3.62. The molecular formula is C7H11F3N2. The van der Waals surface area contributed by atoms with Crippen LogP contribution in [0.15, 0.2) is 0 Å². The van der Waals surface area contributed by atoms with Gasteiger partial charge in [-0.2, -0.15) is 13.2 Å². The molecule has 2 rings (SSSR count). The zero-order chi connectivity index (χ0) is 8.93. The first kappa shape index (κ1) is 8.31. The summed E-state index contributed by atoms with van der Waals surface area (Å²) in [5.41, 5.74) is 0. The molecule has 0 N–H and O–H groups in total. The van der Waals surface area contributed by atoms with Crippen LogP contribution in [0.25, 0.3) is 0 Å². The number of piperazine rings is 1. The standard InChI is InChI=1S/C7H11F3N2/c1-11-2-6-5(11)3-12(6)4-7(8,9)10/h5-6H,2-4H2,1H3/t5?,6-/m0/s1. The molecule has 2 aliphatic rings. The summed E-state index contributed by atoms with van der Waals surface area (Å²) in [7, 11) is 1.95. The first-order valence-electron chi connectivity index (χ1n) is 3.98. The van der Waals surface area contributed by atoms with Gasteiger partial charge in [0.25, 0.3) is 0 Å². The summed E-state index contributed by atoms with van der Waals surface area (Å²) < 4.78 is 35.7. The van der Waals surface area contributed by atoms with Crippen LogP contribution in [-0.2, 0) is 0 Å². The Morgan fingerprint density at radius 3 is 2.25 bits per heavy atom. The molecule has 2 aliphatic heterocycles. The van der Waals surface area contributed by atoms with Gasteiger partial charge < -0.3 is 0 Å². The third kappa shape index (κ3) is 1.21. The zero-order valence-electron chi connectivity index (χ0n) is 6.80. The van der Waals surface area contributed by atoms with Gasteiger partial charge in [0.1, 0.15) is 0 Å². The Morgan fingerprint density at radius 2 is 1.92 bits per heavy atom. The predicted molar refractivity (Wildman–Crippen MR) is 37.8 cm³/mol. The molecule has 0 radical (unpaired) electrons. The van der Waals surface area contributed by atoms with Crippen LogP contribution in [0.5, 0.6) is 0 Å². The summed E-state index contributed by atoms with van der Waals surface area (Å²) >= 11 is 0. The van der Waals surface area contributed by atoms with Crippen molar-refractivity contribution in [2.75, 3.05) is 26.7 Å². The Labute approximate surface area is 68.9 Å². The van der Waals surface area contributed by atoms with E-state index in [4.69, 9.17) is 0 Å². The number of rotatable bonds is 1. The highest BCUT2D eigenvalue weighted by Gasteiger charge is 2.52. The van der Waals surface area contributed by atoms with Crippen LogP contribution in [0.4, 0.5) is 13.2 Å². The van der Waals surface area contributed by atoms with Crippen molar-refractivity contribution in [2.24, 2.45) is 0 Å². The van der Waals surface area contributed by atoms with Gasteiger partial charge in [-0.1, -0.05) is 0 Å². The Kier molecular flexibility index (Phi) is 1.63. The van der Waals surface area contributed by atoms with Crippen molar-refractivity contribution >= 4 is 0 Å². The van der Waals surface area contributed by atoms with Crippen molar-refractivity contribution in [2.45, 2.75) is 18.3 Å². The number of hydrogen-bond donors (Lipinski definition) is 0. The van der Waals surface area contributed by atoms with Crippen LogP contribution in [0.2, 0.25) is 0 Å². The minimum Gasteiger partial charge on any atom is -0.299 e. The molecule has 70 valence electrons. The largest absolute Gasteiger partial charge is 0.401 e. The van der Waals surface area contributed by atoms with Gasteiger partial charge in [0.05, 0.1) is 6.54 Å². The average molecular weight is 180 g/mol. The Balaban J connectivity index is 1.80. The van der Waals surface area contributed by atoms with Gasteiger partial charge in [-0.25, -0.2) is 0 Å². The Morgan fingerprint density at radius 1 is 1.25 bits per heavy atom. The quantitative estimate of drug-likeness (QED) is 0.581. The fraction of sp³-hybridized carbons (Fsp3) is 1.00. The minimum absolute atomic E-state index is 0.177. The number of fused-ring (bicyclic) bond motifs is 1. The lowest BCUT2D eigenvalue weighted by Gasteiger charge is -2.61. The first-order chi connectivity index (χ1) is 5.47. The second-order valence-corrected chi connectivity index (χ2v) is 3.62. The van der Waals surface area contributed by atoms with E-state index in [-0.39, 0.29) is 6.04 Å². The summed E-state index contributed by atoms with van der Waals surface area (Å²) in [4.78, 5) is 3.60. The van der Waals surface area contributed by atoms with E-state index >= 15 is 0 Å². The second kappa shape index (κ2) is 2.35. The fourth-order valence-corrected chi connectivity index (χ4v) is 1.98. The third-order valence-corrected chi connectivity index (χ3v) is 2.76. The maximum atomic E-state index is 11.9. The lowest BCUT2D eigenvalue weighted by Crippen LogP contribution is -2.78. The van der Waals surface area contributed by atoms with Crippen molar-refractivity contribution in [1.82, 2.24) is 9.80 Å². The first-order valence-corrected chi connectivity index (χ1v) is 3.98. The lowest BCUT2D eigenvalue weighted by molar-refractivity contribution is -0.196. The fourth-order valence-electron chi connectivity index (χ4n) is 1.98. The normalized spacial score (nSPS) is 37.0. The summed E-state index contributed by atoms with van der Waals surface area (Å²) in [5.74, 6) is 0. The smallest absolute Gasteiger partial charge is 0.299 e. The molecule has 2 heterocycles. The highest BCUT2D eigenvalue weighted by Crippen LogP contribution is 2.34. The molecular weight excluding hydrogens is 169 g/mol. The van der Waals surface area contributed by atoms with E-state index in [2.05, 4.69) is 4.90 Å². The van der Waals surface area contributed by atoms with E-state index in [9.17, 15) is 13.2 Å². The molecule has 5 heteroatoms. The molecule has 0 aliphatic carbocycles. The Hall–Kier alpha value is -0.290. The molecule has 2 atom stereocenters. The molecule has 1 unspecified atom stereocenters. The van der Waals surface area contributed by atoms with E-state index < -0.39 is 12.7 Å². The molecule has 0 saturated carbocycles. The predicted octanol–water partition coefficient (Wildman–Crippen LogP) is 0.547. The number of likely N-dealkylation sites (N-methyl/N-ethyl adjacent to an activating group) is 1. The monoisotopic (exact) mass is 180 g/mol. The zero-order valence-corrected chi connectivity index (χ0v) is 6.80. The van der Waals surface area contributed by atoms with E-state index in [0.29, 0.717) is 12.6 Å². The van der Waals surface area contributed by atoms with Gasteiger partial charge in [0, 0.05) is 25.2 Å². The van der Waals surface area contributed by atoms with Gasteiger partial charge in [-0.05, 0) is 7.05 Å². The van der Waals surface area contributed by atoms with Crippen LogP contribution < -0.4 is 0 Å². The third-order valence-electron chi connectivity index (χ3n) is 2.76. The van der Waals surface area contributed by atoms with Crippen LogP contribution >= 0.6 is 0 Å². The van der Waals surface area contributed by atoms with Crippen LogP contribution in [-0.4, -0.2) is 54.7 Å². The Bertz CT molecular complexity index is 192. The number of nitrogens with zero attached hydrogens (tertiary/aromatic N) is 2. The topological polar surface area (TPSA) is 6.48 Å². The highest BCUT2D eigenvalue weighted by atomic mass is 19.4. The van der Waals surface area contributed by atoms with Crippen LogP contribution in [0, 0.1) is 0 Å². The lowest BCUT2D eigenvalue weighted by atomic mass is 9.86. The number of alkyl halides is 3. The molecule has 0 spiro atoms. The van der Waals surface area contributed by atoms with Crippen molar-refractivity contribution in [3.8, 4) is 0 Å². The van der Waals surface area contributed by atoms with Gasteiger partial charge in [0.2, 0.25) is 0 Å². The summed E-state index contributed by atoms with van der Waals surface area (Å²) in [6, 6.07) is 0.573. The van der Waals surface area contributed by atoms with E-state index in [1.807, 2.05) is 7.05 Å². The number of hydrogen-bond acceptors (Lipinski definition) is 2. The van der Waals surface area contributed by atoms with E-state index in [1.54, 1.807) is 0 Å². The van der Waals surface area contributed by atoms with Gasteiger partial charge in [-0.3, -0.25) is 9.80 Å². The van der Waals surface area contributed by atoms with E-state index in [1.165, 1.54) is 4.90 Å². The van der Waals surface area contributed by atoms with Crippen LogP contribution in [0.3, 0.4) is 0 Å². The molecule has 2 nitrogen and oxygen atoms in total. The van der Waals surface area contributed by atoms with E-state index in [0.717, 1.165) is 6.54 Å². The van der Waals surface area contributed by atoms with Crippen molar-refractivity contribution in [1.29, 1.82) is 0 Å². The molecule has 2 fully saturated rings. The van der Waals surface area contributed by atoms with Gasteiger partial charge in [-0.15, -0.1) is 0 Å². The summed E-state index contributed by atoms with van der Waals surface area (Å²) in [5, 5.41) is 0. The molecule has 12 heavy (non-hydrogen) atoms. The van der Waals surface area contributed by atoms with Gasteiger partial charge >= 0.3 is 6.18 Å². The van der Waals surface area contributed by atoms with Crippen molar-refractivity contribution in [3.63, 3.8) is 0 Å². The maximum absolute atomic E-state index is 11.9. The average Bonchev–Trinajstić information content (AvgIpc) is 1.90. The minimum atomic E-state index is -4.03. The van der Waals surface area contributed by atoms with Crippen molar-refractivity contribution < 1.29 is 13.2 Å². The van der Waals surface area contributed by atoms with Crippen molar-refractivity contribution in [3.05, 3.63) is 0 Å².